The lowest BCUT2D eigenvalue weighted by Crippen LogP contribution is -2.40. The minimum atomic E-state index is -4.52. The van der Waals surface area contributed by atoms with Crippen molar-refractivity contribution in [3.05, 3.63) is 83.5 Å². The van der Waals surface area contributed by atoms with Crippen LogP contribution in [0.5, 0.6) is 0 Å². The summed E-state index contributed by atoms with van der Waals surface area (Å²) in [6.45, 7) is 1.77. The van der Waals surface area contributed by atoms with E-state index in [-0.39, 0.29) is 17.0 Å². The highest BCUT2D eigenvalue weighted by atomic mass is 19.4. The maximum atomic E-state index is 13.4. The number of hydrazone groups is 1. The molecule has 0 spiro atoms. The van der Waals surface area contributed by atoms with Crippen LogP contribution in [0.15, 0.2) is 77.4 Å². The molecule has 1 aromatic carbocycles. The van der Waals surface area contributed by atoms with Gasteiger partial charge in [0.15, 0.2) is 0 Å². The van der Waals surface area contributed by atoms with Gasteiger partial charge in [0.2, 0.25) is 0 Å². The molecule has 3 heterocycles. The van der Waals surface area contributed by atoms with Crippen LogP contribution in [0.4, 0.5) is 18.9 Å². The molecule has 148 valence electrons. The lowest BCUT2D eigenvalue weighted by molar-refractivity contribution is -0.137. The minimum absolute atomic E-state index is 0.0430. The molecule has 2 aliphatic rings. The summed E-state index contributed by atoms with van der Waals surface area (Å²) in [5, 5.41) is 11.5. The average Bonchev–Trinajstić information content (AvgIpc) is 3.13. The number of rotatable bonds is 3. The zero-order valence-corrected chi connectivity index (χ0v) is 15.2. The number of allylic oxidation sites excluding steroid dienone is 1. The fraction of sp³-hybridized carbons (Fsp3) is 0.150. The first-order valence-electron chi connectivity index (χ1n) is 8.75. The molecule has 2 aromatic rings. The number of carbonyl (C=O) groups is 1. The summed E-state index contributed by atoms with van der Waals surface area (Å²) in [7, 11) is 0. The summed E-state index contributed by atoms with van der Waals surface area (Å²) in [5.41, 5.74) is 0.790. The number of fused-ring (bicyclic) bond motifs is 1. The fourth-order valence-electron chi connectivity index (χ4n) is 3.19. The van der Waals surface area contributed by atoms with E-state index >= 15 is 0 Å². The van der Waals surface area contributed by atoms with Gasteiger partial charge < -0.3 is 10.6 Å². The average molecular weight is 399 g/mol. The Morgan fingerprint density at radius 3 is 2.62 bits per heavy atom. The Morgan fingerprint density at radius 1 is 1.17 bits per heavy atom. The molecule has 6 nitrogen and oxygen atoms in total. The third-order valence-corrected chi connectivity index (χ3v) is 4.56. The topological polar surface area (TPSA) is 69.6 Å². The Bertz CT molecular complexity index is 1040. The van der Waals surface area contributed by atoms with Crippen molar-refractivity contribution in [3.63, 3.8) is 0 Å². The number of carbonyl (C=O) groups excluding carboxylic acids is 1. The lowest BCUT2D eigenvalue weighted by atomic mass is 9.99. The summed E-state index contributed by atoms with van der Waals surface area (Å²) in [5.74, 6) is -0.437. The summed E-state index contributed by atoms with van der Waals surface area (Å²) in [4.78, 5) is 16.6. The second-order valence-electron chi connectivity index (χ2n) is 6.55. The lowest BCUT2D eigenvalue weighted by Gasteiger charge is -2.29. The number of benzene rings is 1. The second kappa shape index (κ2) is 7.08. The number of aromatic nitrogens is 1. The smallest absolute Gasteiger partial charge is 0.364 e. The number of nitrogens with one attached hydrogen (secondary N) is 2. The van der Waals surface area contributed by atoms with Gasteiger partial charge in [-0.1, -0.05) is 18.2 Å². The third kappa shape index (κ3) is 3.58. The molecule has 29 heavy (non-hydrogen) atoms. The van der Waals surface area contributed by atoms with Crippen LogP contribution in [0, 0.1) is 0 Å². The molecule has 1 atom stereocenters. The molecule has 0 bridgehead atoms. The van der Waals surface area contributed by atoms with Crippen molar-refractivity contribution < 1.29 is 18.0 Å². The molecule has 0 aliphatic carbocycles. The Labute approximate surface area is 164 Å². The molecule has 9 heteroatoms. The van der Waals surface area contributed by atoms with Gasteiger partial charge in [0.1, 0.15) is 11.9 Å². The van der Waals surface area contributed by atoms with E-state index in [0.717, 1.165) is 11.6 Å². The number of amides is 1. The van der Waals surface area contributed by atoms with E-state index < -0.39 is 23.8 Å². The normalized spacial score (nSPS) is 18.3. The van der Waals surface area contributed by atoms with Crippen molar-refractivity contribution in [2.45, 2.75) is 19.3 Å². The van der Waals surface area contributed by atoms with Gasteiger partial charge in [0.25, 0.3) is 5.91 Å². The highest BCUT2D eigenvalue weighted by Crippen LogP contribution is 2.34. The molecule has 1 unspecified atom stereocenters. The number of hydrogen-bond acceptors (Lipinski definition) is 5. The monoisotopic (exact) mass is 399 g/mol. The molecule has 0 saturated carbocycles. The maximum Gasteiger partial charge on any atom is 0.417 e. The van der Waals surface area contributed by atoms with E-state index in [2.05, 4.69) is 20.7 Å². The van der Waals surface area contributed by atoms with Gasteiger partial charge in [-0.3, -0.25) is 9.78 Å². The van der Waals surface area contributed by atoms with Crippen molar-refractivity contribution in [1.82, 2.24) is 15.3 Å². The van der Waals surface area contributed by atoms with Crippen molar-refractivity contribution in [2.24, 2.45) is 5.10 Å². The third-order valence-electron chi connectivity index (χ3n) is 4.56. The van der Waals surface area contributed by atoms with E-state index in [1.54, 1.807) is 25.1 Å². The predicted molar refractivity (Wildman–Crippen MR) is 101 cm³/mol. The zero-order valence-electron chi connectivity index (χ0n) is 15.2. The largest absolute Gasteiger partial charge is 0.417 e. The van der Waals surface area contributed by atoms with Crippen LogP contribution in [-0.4, -0.2) is 27.8 Å². The summed E-state index contributed by atoms with van der Waals surface area (Å²) in [6.07, 6.45) is 1.22. The summed E-state index contributed by atoms with van der Waals surface area (Å²) >= 11 is 0. The van der Waals surface area contributed by atoms with E-state index in [4.69, 9.17) is 0 Å². The van der Waals surface area contributed by atoms with Gasteiger partial charge in [-0.15, -0.1) is 0 Å². The van der Waals surface area contributed by atoms with Crippen LogP contribution in [-0.2, 0) is 11.0 Å². The maximum absolute atomic E-state index is 13.4. The molecular formula is C20H16F3N5O. The van der Waals surface area contributed by atoms with Crippen molar-refractivity contribution in [1.29, 1.82) is 0 Å². The fourth-order valence-corrected chi connectivity index (χ4v) is 3.19. The highest BCUT2D eigenvalue weighted by Gasteiger charge is 2.37. The van der Waals surface area contributed by atoms with Gasteiger partial charge in [-0.05, 0) is 36.8 Å². The highest BCUT2D eigenvalue weighted by molar-refractivity contribution is 6.11. The number of nitrogens with zero attached hydrogens (tertiary/aromatic N) is 3. The molecule has 0 fully saturated rings. The predicted octanol–water partition coefficient (Wildman–Crippen LogP) is 3.48. The Balaban J connectivity index is 1.67. The number of alkyl halides is 3. The number of anilines is 1. The van der Waals surface area contributed by atoms with E-state index in [0.29, 0.717) is 5.69 Å². The van der Waals surface area contributed by atoms with Crippen molar-refractivity contribution in [2.75, 3.05) is 5.32 Å². The minimum Gasteiger partial charge on any atom is -0.364 e. The van der Waals surface area contributed by atoms with Gasteiger partial charge in [-0.2, -0.15) is 18.3 Å². The van der Waals surface area contributed by atoms with Crippen molar-refractivity contribution in [3.8, 4) is 0 Å². The van der Waals surface area contributed by atoms with Crippen molar-refractivity contribution >= 4 is 17.3 Å². The van der Waals surface area contributed by atoms with Crippen LogP contribution in [0.25, 0.3) is 0 Å². The zero-order chi connectivity index (χ0) is 20.6. The van der Waals surface area contributed by atoms with Crippen LogP contribution < -0.4 is 10.6 Å². The summed E-state index contributed by atoms with van der Waals surface area (Å²) < 4.78 is 40.3. The summed E-state index contributed by atoms with van der Waals surface area (Å²) in [6, 6.07) is 8.51. The number of halogens is 3. The molecule has 1 amide bonds. The van der Waals surface area contributed by atoms with Crippen LogP contribution in [0.2, 0.25) is 0 Å². The second-order valence-corrected chi connectivity index (χ2v) is 6.55. The standard InChI is InChI=1S/C20H16F3N5O/c1-12-10-16(14-4-2-3-5-15(14)20(21,22)23)27-28-17(11-25-18(12)28)19(29)26-13-6-8-24-9-7-13/h2-11,18,25H,1H3,(H,24,26,29). The first-order valence-corrected chi connectivity index (χ1v) is 8.75. The molecule has 1 aromatic heterocycles. The van der Waals surface area contributed by atoms with Crippen LogP contribution in [0.3, 0.4) is 0 Å². The Kier molecular flexibility index (Phi) is 4.57. The molecule has 2 aliphatic heterocycles. The first kappa shape index (κ1) is 18.7. The quantitative estimate of drug-likeness (QED) is 0.829. The SMILES string of the molecule is CC1=CC(c2ccccc2C(F)(F)F)=NN2C(C(=O)Nc3ccncc3)=CNC12. The Morgan fingerprint density at radius 2 is 1.90 bits per heavy atom. The molecule has 2 N–H and O–H groups in total. The Hall–Kier alpha value is -3.62. The van der Waals surface area contributed by atoms with Crippen LogP contribution >= 0.6 is 0 Å². The molecular weight excluding hydrogens is 383 g/mol. The van der Waals surface area contributed by atoms with Gasteiger partial charge in [-0.25, -0.2) is 5.01 Å². The first-order chi connectivity index (χ1) is 13.8. The van der Waals surface area contributed by atoms with E-state index in [1.165, 1.54) is 41.8 Å². The number of hydrogen-bond donors (Lipinski definition) is 2. The molecule has 0 radical (unpaired) electrons. The van der Waals surface area contributed by atoms with Gasteiger partial charge >= 0.3 is 6.18 Å². The van der Waals surface area contributed by atoms with Gasteiger partial charge in [0.05, 0.1) is 11.3 Å². The van der Waals surface area contributed by atoms with Crippen LogP contribution in [0.1, 0.15) is 18.1 Å². The van der Waals surface area contributed by atoms with Gasteiger partial charge in [0, 0.05) is 29.8 Å². The molecule has 4 rings (SSSR count). The van der Waals surface area contributed by atoms with E-state index in [9.17, 15) is 18.0 Å². The molecule has 0 saturated heterocycles. The van der Waals surface area contributed by atoms with E-state index in [1.807, 2.05) is 0 Å². The number of pyridine rings is 1.